The molecule has 1 unspecified atom stereocenters. The number of likely N-dealkylation sites (N-methyl/N-ethyl adjacent to an activating group) is 2. The fourth-order valence-corrected chi connectivity index (χ4v) is 8.37. The first-order chi connectivity index (χ1) is 35.1. The van der Waals surface area contributed by atoms with E-state index in [9.17, 15) is 19.2 Å². The van der Waals surface area contributed by atoms with Gasteiger partial charge in [0.05, 0.1) is 34.7 Å². The number of nitrogens with zero attached hydrogens (tertiary/aromatic N) is 14. The number of hydrogen-bond acceptors (Lipinski definition) is 13. The Bertz CT molecular complexity index is 3360. The van der Waals surface area contributed by atoms with Gasteiger partial charge in [-0.3, -0.25) is 19.4 Å². The van der Waals surface area contributed by atoms with E-state index in [0.717, 1.165) is 58.2 Å². The van der Waals surface area contributed by atoms with Gasteiger partial charge in [0.1, 0.15) is 28.8 Å². The van der Waals surface area contributed by atoms with E-state index in [0.29, 0.717) is 53.8 Å². The maximum absolute atomic E-state index is 12.8. The first kappa shape index (κ1) is 50.8. The molecule has 6 aromatic heterocycles. The van der Waals surface area contributed by atoms with Crippen LogP contribution in [0.3, 0.4) is 0 Å². The normalized spacial score (nSPS) is 14.1. The summed E-state index contributed by atoms with van der Waals surface area (Å²) in [4.78, 5) is 79.3. The van der Waals surface area contributed by atoms with Crippen LogP contribution in [0.1, 0.15) is 58.6 Å². The molecule has 10 rings (SSSR count). The summed E-state index contributed by atoms with van der Waals surface area (Å²) in [6, 6.07) is 27.1. The number of benzene rings is 2. The SMILES string of the molecule is CCN(C(C)=O)c1cccc(-c2ccnc3c(C#N)cnn23)c1.CN1CCN(C(=O)OC2c3nccnc3C(=O)N2c2ccc(Cl)cn2)CC1.Cc1ccc(-c2nc3ccc(C)cn3c2CC(=O)N(C)C)cc1. The summed E-state index contributed by atoms with van der Waals surface area (Å²) >= 11 is 5.89. The fraction of sp³-hybridized carbons (Fsp3) is 0.264. The molecule has 372 valence electrons. The largest absolute Gasteiger partial charge is 0.419 e. The maximum Gasteiger partial charge on any atom is 0.412 e. The minimum atomic E-state index is -1.03. The van der Waals surface area contributed by atoms with Gasteiger partial charge in [0.25, 0.3) is 5.91 Å². The summed E-state index contributed by atoms with van der Waals surface area (Å²) in [6.07, 6.45) is 8.31. The van der Waals surface area contributed by atoms with Gasteiger partial charge in [-0.25, -0.2) is 34.1 Å². The van der Waals surface area contributed by atoms with Gasteiger partial charge >= 0.3 is 6.09 Å². The molecule has 1 fully saturated rings. The highest BCUT2D eigenvalue weighted by molar-refractivity contribution is 6.30. The number of aryl methyl sites for hydroxylation is 2. The van der Waals surface area contributed by atoms with Crippen molar-refractivity contribution < 1.29 is 23.9 Å². The zero-order valence-electron chi connectivity index (χ0n) is 41.5. The molecule has 1 saturated heterocycles. The summed E-state index contributed by atoms with van der Waals surface area (Å²) in [5.41, 5.74) is 10.0. The Morgan fingerprint density at radius 2 is 1.59 bits per heavy atom. The Balaban J connectivity index is 0.000000147. The topological polar surface area (TPSA) is 204 Å². The van der Waals surface area contributed by atoms with Crippen LogP contribution in [0.2, 0.25) is 5.02 Å². The van der Waals surface area contributed by atoms with Crippen LogP contribution in [0.4, 0.5) is 16.3 Å². The minimum absolute atomic E-state index is 0.00428. The van der Waals surface area contributed by atoms with Crippen LogP contribution in [0.5, 0.6) is 0 Å². The van der Waals surface area contributed by atoms with E-state index in [1.54, 1.807) is 58.6 Å². The molecule has 2 aromatic carbocycles. The Morgan fingerprint density at radius 3 is 2.27 bits per heavy atom. The van der Waals surface area contributed by atoms with E-state index in [1.807, 2.05) is 74.0 Å². The molecule has 4 amide bonds. The molecule has 8 heterocycles. The third-order valence-corrected chi connectivity index (χ3v) is 12.5. The number of amides is 4. The van der Waals surface area contributed by atoms with Crippen molar-refractivity contribution in [2.24, 2.45) is 0 Å². The second kappa shape index (κ2) is 22.2. The predicted octanol–water partition coefficient (Wildman–Crippen LogP) is 7.46. The zero-order valence-corrected chi connectivity index (χ0v) is 42.2. The highest BCUT2D eigenvalue weighted by Crippen LogP contribution is 2.36. The van der Waals surface area contributed by atoms with E-state index < -0.39 is 18.2 Å². The van der Waals surface area contributed by atoms with Crippen LogP contribution in [0.25, 0.3) is 33.8 Å². The lowest BCUT2D eigenvalue weighted by atomic mass is 10.1. The second-order valence-corrected chi connectivity index (χ2v) is 18.0. The summed E-state index contributed by atoms with van der Waals surface area (Å²) in [5, 5.41) is 13.8. The van der Waals surface area contributed by atoms with Gasteiger partial charge in [0.15, 0.2) is 11.3 Å². The first-order valence-electron chi connectivity index (χ1n) is 23.4. The summed E-state index contributed by atoms with van der Waals surface area (Å²) in [5.74, 6) is -0.0541. The number of aromatic nitrogens is 8. The second-order valence-electron chi connectivity index (χ2n) is 17.5. The molecular weight excluding hydrogens is 948 g/mol. The number of imidazole rings is 1. The molecule has 1 atom stereocenters. The number of pyridine rings is 2. The van der Waals surface area contributed by atoms with Crippen molar-refractivity contribution >= 4 is 58.2 Å². The van der Waals surface area contributed by atoms with E-state index in [2.05, 4.69) is 67.2 Å². The lowest BCUT2D eigenvalue weighted by Crippen LogP contribution is -2.48. The first-order valence-corrected chi connectivity index (χ1v) is 23.8. The van der Waals surface area contributed by atoms with Crippen molar-refractivity contribution in [3.8, 4) is 28.6 Å². The van der Waals surface area contributed by atoms with Crippen molar-refractivity contribution in [3.05, 3.63) is 155 Å². The number of carbonyl (C=O) groups excluding carboxylic acids is 4. The molecule has 19 nitrogen and oxygen atoms in total. The molecule has 0 aliphatic carbocycles. The molecule has 0 bridgehead atoms. The maximum atomic E-state index is 12.8. The van der Waals surface area contributed by atoms with Crippen molar-refractivity contribution in [3.63, 3.8) is 0 Å². The standard InChI is InChI=1S/C19H21N3O.C17H17ClN6O3.C17H15N5O/c1-13-5-8-15(9-6-13)19-16(11-18(23)21(3)4)22-12-14(2)7-10-17(22)20-19;1-22-6-8-23(9-7-22)17(26)27-16-14-13(19-4-5-20-14)15(25)24(16)12-3-2-11(18)10-21-12;1-3-21(12(2)23)15-6-4-5-13(9-15)16-7-8-19-17-14(10-18)11-20-22(16)17/h5-10,12H,11H2,1-4H3;2-5,10,16H,6-9H2,1H3;4-9,11H,3H2,1-2H3. The van der Waals surface area contributed by atoms with Crippen LogP contribution in [-0.4, -0.2) is 131 Å². The Labute approximate surface area is 426 Å². The molecule has 73 heavy (non-hydrogen) atoms. The third-order valence-electron chi connectivity index (χ3n) is 12.2. The van der Waals surface area contributed by atoms with Crippen molar-refractivity contribution in [1.29, 1.82) is 5.26 Å². The zero-order chi connectivity index (χ0) is 51.9. The fourth-order valence-electron chi connectivity index (χ4n) is 8.26. The quantitative estimate of drug-likeness (QED) is 0.145. The van der Waals surface area contributed by atoms with Gasteiger partial charge in [-0.2, -0.15) is 10.4 Å². The van der Waals surface area contributed by atoms with Crippen molar-refractivity contribution in [1.82, 2.24) is 53.6 Å². The molecular formula is C53H53ClN14O5. The smallest absolute Gasteiger partial charge is 0.412 e. The number of rotatable bonds is 8. The third kappa shape index (κ3) is 11.2. The average Bonchev–Trinajstić information content (AvgIpc) is 4.06. The van der Waals surface area contributed by atoms with Gasteiger partial charge in [-0.1, -0.05) is 59.6 Å². The summed E-state index contributed by atoms with van der Waals surface area (Å²) < 4.78 is 9.35. The van der Waals surface area contributed by atoms with E-state index in [1.165, 1.54) is 35.3 Å². The van der Waals surface area contributed by atoms with Crippen LogP contribution in [0.15, 0.2) is 116 Å². The molecule has 0 spiro atoms. The van der Waals surface area contributed by atoms with Crippen molar-refractivity contribution in [2.45, 2.75) is 40.3 Å². The number of anilines is 2. The van der Waals surface area contributed by atoms with Gasteiger partial charge in [-0.15, -0.1) is 0 Å². The van der Waals surface area contributed by atoms with Crippen LogP contribution < -0.4 is 9.80 Å². The lowest BCUT2D eigenvalue weighted by Gasteiger charge is -2.33. The molecule has 0 saturated carbocycles. The lowest BCUT2D eigenvalue weighted by molar-refractivity contribution is -0.128. The molecule has 0 N–H and O–H groups in total. The van der Waals surface area contributed by atoms with Crippen LogP contribution >= 0.6 is 11.6 Å². The number of halogens is 1. The van der Waals surface area contributed by atoms with E-state index >= 15 is 0 Å². The molecule has 2 aliphatic heterocycles. The molecule has 0 radical (unpaired) electrons. The predicted molar refractivity (Wildman–Crippen MR) is 276 cm³/mol. The minimum Gasteiger partial charge on any atom is -0.419 e. The van der Waals surface area contributed by atoms with E-state index in [4.69, 9.17) is 26.6 Å². The number of hydrogen-bond donors (Lipinski definition) is 0. The van der Waals surface area contributed by atoms with Crippen LogP contribution in [-0.2, 0) is 20.7 Å². The Kier molecular flexibility index (Phi) is 15.5. The Morgan fingerprint density at radius 1 is 0.849 bits per heavy atom. The molecule has 20 heteroatoms. The van der Waals surface area contributed by atoms with Gasteiger partial charge in [0, 0.05) is 102 Å². The average molecular weight is 1000 g/mol. The summed E-state index contributed by atoms with van der Waals surface area (Å²) in [7, 11) is 5.56. The number of piperazine rings is 1. The monoisotopic (exact) mass is 1000 g/mol. The summed E-state index contributed by atoms with van der Waals surface area (Å²) in [6.45, 7) is 10.8. The van der Waals surface area contributed by atoms with E-state index in [-0.39, 0.29) is 17.5 Å². The number of ether oxygens (including phenoxy) is 1. The highest BCUT2D eigenvalue weighted by atomic mass is 35.5. The van der Waals surface area contributed by atoms with Gasteiger partial charge < -0.3 is 28.7 Å². The van der Waals surface area contributed by atoms with Crippen LogP contribution in [0, 0.1) is 25.2 Å². The number of carbonyl (C=O) groups is 4. The van der Waals surface area contributed by atoms with Gasteiger partial charge in [-0.05, 0) is 69.8 Å². The Hall–Kier alpha value is -8.60. The van der Waals surface area contributed by atoms with Crippen molar-refractivity contribution in [2.75, 3.05) is 63.7 Å². The highest BCUT2D eigenvalue weighted by Gasteiger charge is 2.44. The van der Waals surface area contributed by atoms with Gasteiger partial charge in [0.2, 0.25) is 18.0 Å². The molecule has 2 aliphatic rings. The number of nitriles is 1. The number of fused-ring (bicyclic) bond motifs is 3. The molecule has 8 aromatic rings.